The van der Waals surface area contributed by atoms with Gasteiger partial charge in [0.05, 0.1) is 0 Å². The van der Waals surface area contributed by atoms with E-state index in [1.165, 1.54) is 6.61 Å². The summed E-state index contributed by atoms with van der Waals surface area (Å²) in [6.07, 6.45) is -0.711. The standard InChI is InChI=1S/C10H11O3/c1-3-12-10(11)13-9-7-5-4-6-8(9)2/h3-7H,1-2H3. The summed E-state index contributed by atoms with van der Waals surface area (Å²) in [4.78, 5) is 10.9. The van der Waals surface area contributed by atoms with E-state index in [-0.39, 0.29) is 0 Å². The van der Waals surface area contributed by atoms with Gasteiger partial charge in [0.2, 0.25) is 0 Å². The molecule has 3 heteroatoms. The van der Waals surface area contributed by atoms with Gasteiger partial charge in [0, 0.05) is 0 Å². The number of para-hydroxylation sites is 1. The summed E-state index contributed by atoms with van der Waals surface area (Å²) in [7, 11) is 0. The van der Waals surface area contributed by atoms with Gasteiger partial charge < -0.3 is 9.47 Å². The van der Waals surface area contributed by atoms with Gasteiger partial charge >= 0.3 is 6.16 Å². The average molecular weight is 179 g/mol. The van der Waals surface area contributed by atoms with Crippen LogP contribution >= 0.6 is 0 Å². The Morgan fingerprint density at radius 3 is 2.69 bits per heavy atom. The highest BCUT2D eigenvalue weighted by Gasteiger charge is 2.05. The number of ether oxygens (including phenoxy) is 2. The number of rotatable bonds is 2. The van der Waals surface area contributed by atoms with Crippen LogP contribution in [0.5, 0.6) is 5.75 Å². The van der Waals surface area contributed by atoms with E-state index in [1.54, 1.807) is 19.1 Å². The second-order valence-electron chi connectivity index (χ2n) is 2.47. The summed E-state index contributed by atoms with van der Waals surface area (Å²) in [6.45, 7) is 4.75. The number of aryl methyl sites for hydroxylation is 1. The fourth-order valence-corrected chi connectivity index (χ4v) is 0.881. The van der Waals surface area contributed by atoms with Gasteiger partial charge in [0.15, 0.2) is 0 Å². The van der Waals surface area contributed by atoms with Gasteiger partial charge in [-0.3, -0.25) is 0 Å². The van der Waals surface area contributed by atoms with Crippen LogP contribution in [0.2, 0.25) is 0 Å². The van der Waals surface area contributed by atoms with Crippen LogP contribution in [0.3, 0.4) is 0 Å². The number of carbonyl (C=O) groups is 1. The van der Waals surface area contributed by atoms with Crippen molar-refractivity contribution in [1.82, 2.24) is 0 Å². The maximum Gasteiger partial charge on any atom is 0.514 e. The van der Waals surface area contributed by atoms with Crippen molar-refractivity contribution in [3.8, 4) is 5.75 Å². The maximum absolute atomic E-state index is 10.9. The molecular weight excluding hydrogens is 168 g/mol. The lowest BCUT2D eigenvalue weighted by atomic mass is 10.2. The Balaban J connectivity index is 2.63. The second-order valence-corrected chi connectivity index (χ2v) is 2.47. The molecule has 0 fully saturated rings. The third-order valence-electron chi connectivity index (χ3n) is 1.50. The normalized spacial score (nSPS) is 9.38. The first kappa shape index (κ1) is 9.58. The Bertz CT molecular complexity index is 294. The lowest BCUT2D eigenvalue weighted by Gasteiger charge is -2.05. The number of benzene rings is 1. The average Bonchev–Trinajstić information content (AvgIpc) is 2.09. The molecule has 13 heavy (non-hydrogen) atoms. The number of hydrogen-bond acceptors (Lipinski definition) is 3. The molecule has 0 amide bonds. The first-order valence-corrected chi connectivity index (χ1v) is 3.96. The van der Waals surface area contributed by atoms with Gasteiger partial charge in [-0.25, -0.2) is 4.79 Å². The summed E-state index contributed by atoms with van der Waals surface area (Å²) >= 11 is 0. The molecule has 0 aromatic heterocycles. The van der Waals surface area contributed by atoms with E-state index in [0.717, 1.165) is 5.56 Å². The summed E-state index contributed by atoms with van der Waals surface area (Å²) in [5.41, 5.74) is 0.899. The van der Waals surface area contributed by atoms with Crippen LogP contribution in [0, 0.1) is 13.5 Å². The van der Waals surface area contributed by atoms with E-state index in [4.69, 9.17) is 4.74 Å². The van der Waals surface area contributed by atoms with Crippen LogP contribution in [-0.2, 0) is 4.74 Å². The minimum absolute atomic E-state index is 0.523. The molecular formula is C10H11O3. The SMILES string of the molecule is C[CH]OC(=O)Oc1ccccc1C. The zero-order chi connectivity index (χ0) is 9.68. The minimum Gasteiger partial charge on any atom is -0.427 e. The van der Waals surface area contributed by atoms with Crippen molar-refractivity contribution in [3.05, 3.63) is 36.4 Å². The Hall–Kier alpha value is -1.51. The largest absolute Gasteiger partial charge is 0.514 e. The Kier molecular flexibility index (Phi) is 3.31. The molecule has 0 aliphatic carbocycles. The third-order valence-corrected chi connectivity index (χ3v) is 1.50. The van der Waals surface area contributed by atoms with E-state index in [9.17, 15) is 4.79 Å². The molecule has 0 saturated heterocycles. The number of carbonyl (C=O) groups excluding carboxylic acids is 1. The fourth-order valence-electron chi connectivity index (χ4n) is 0.881. The molecule has 1 radical (unpaired) electrons. The van der Waals surface area contributed by atoms with Crippen molar-refractivity contribution >= 4 is 6.16 Å². The van der Waals surface area contributed by atoms with Gasteiger partial charge in [-0.1, -0.05) is 18.2 Å². The lowest BCUT2D eigenvalue weighted by Crippen LogP contribution is -2.08. The van der Waals surface area contributed by atoms with Crippen molar-refractivity contribution < 1.29 is 14.3 Å². The van der Waals surface area contributed by atoms with Crippen molar-refractivity contribution in [3.63, 3.8) is 0 Å². The topological polar surface area (TPSA) is 35.5 Å². The Morgan fingerprint density at radius 1 is 1.38 bits per heavy atom. The molecule has 69 valence electrons. The van der Waals surface area contributed by atoms with Gasteiger partial charge in [-0.2, -0.15) is 0 Å². The molecule has 0 saturated carbocycles. The smallest absolute Gasteiger partial charge is 0.427 e. The molecule has 3 nitrogen and oxygen atoms in total. The molecule has 0 spiro atoms. The Morgan fingerprint density at radius 2 is 2.08 bits per heavy atom. The van der Waals surface area contributed by atoms with Crippen molar-refractivity contribution in [2.45, 2.75) is 13.8 Å². The van der Waals surface area contributed by atoms with Crippen LogP contribution in [0.25, 0.3) is 0 Å². The molecule has 0 heterocycles. The van der Waals surface area contributed by atoms with Gasteiger partial charge in [-0.15, -0.1) is 0 Å². The fraction of sp³-hybridized carbons (Fsp3) is 0.200. The summed E-state index contributed by atoms with van der Waals surface area (Å²) < 4.78 is 9.41. The number of hydrogen-bond donors (Lipinski definition) is 0. The van der Waals surface area contributed by atoms with E-state index < -0.39 is 6.16 Å². The molecule has 0 aliphatic rings. The summed E-state index contributed by atoms with van der Waals surface area (Å²) in [5.74, 6) is 0.523. The molecule has 0 unspecified atom stereocenters. The van der Waals surface area contributed by atoms with Gasteiger partial charge in [0.25, 0.3) is 0 Å². The zero-order valence-corrected chi connectivity index (χ0v) is 7.61. The summed E-state index contributed by atoms with van der Waals surface area (Å²) in [5, 5.41) is 0. The van der Waals surface area contributed by atoms with Crippen LogP contribution < -0.4 is 4.74 Å². The van der Waals surface area contributed by atoms with E-state index >= 15 is 0 Å². The predicted octanol–water partition coefficient (Wildman–Crippen LogP) is 2.69. The van der Waals surface area contributed by atoms with Crippen molar-refractivity contribution in [1.29, 1.82) is 0 Å². The van der Waals surface area contributed by atoms with Crippen LogP contribution in [0.1, 0.15) is 12.5 Å². The first-order chi connectivity index (χ1) is 6.24. The molecule has 0 N–H and O–H groups in total. The Labute approximate surface area is 77.3 Å². The molecule has 0 atom stereocenters. The third kappa shape index (κ3) is 2.78. The lowest BCUT2D eigenvalue weighted by molar-refractivity contribution is 0.123. The first-order valence-electron chi connectivity index (χ1n) is 3.96. The van der Waals surface area contributed by atoms with Gasteiger partial charge in [-0.05, 0) is 25.5 Å². The second kappa shape index (κ2) is 4.50. The van der Waals surface area contributed by atoms with Crippen LogP contribution in [0.4, 0.5) is 4.79 Å². The highest BCUT2D eigenvalue weighted by atomic mass is 16.7. The molecule has 0 bridgehead atoms. The molecule has 0 aliphatic heterocycles. The van der Waals surface area contributed by atoms with Crippen LogP contribution in [0.15, 0.2) is 24.3 Å². The van der Waals surface area contributed by atoms with Crippen molar-refractivity contribution in [2.24, 2.45) is 0 Å². The maximum atomic E-state index is 10.9. The highest BCUT2D eigenvalue weighted by molar-refractivity contribution is 5.64. The minimum atomic E-state index is -0.711. The van der Waals surface area contributed by atoms with E-state index in [1.807, 2.05) is 19.1 Å². The highest BCUT2D eigenvalue weighted by Crippen LogP contribution is 2.16. The molecule has 1 rings (SSSR count). The van der Waals surface area contributed by atoms with E-state index in [2.05, 4.69) is 4.74 Å². The van der Waals surface area contributed by atoms with Gasteiger partial charge in [0.1, 0.15) is 12.4 Å². The van der Waals surface area contributed by atoms with E-state index in [0.29, 0.717) is 5.75 Å². The summed E-state index contributed by atoms with van der Waals surface area (Å²) in [6, 6.07) is 7.25. The quantitative estimate of drug-likeness (QED) is 0.517. The molecule has 1 aromatic rings. The van der Waals surface area contributed by atoms with Crippen molar-refractivity contribution in [2.75, 3.05) is 0 Å². The predicted molar refractivity (Wildman–Crippen MR) is 48.3 cm³/mol. The zero-order valence-electron chi connectivity index (χ0n) is 7.61. The monoisotopic (exact) mass is 179 g/mol. The van der Waals surface area contributed by atoms with Crippen LogP contribution in [-0.4, -0.2) is 6.16 Å². The molecule has 1 aromatic carbocycles.